The highest BCUT2D eigenvalue weighted by Crippen LogP contribution is 2.14. The molecule has 0 fully saturated rings. The second-order valence-corrected chi connectivity index (χ2v) is 4.88. The lowest BCUT2D eigenvalue weighted by Crippen LogP contribution is -2.28. The number of unbranched alkanes of at least 4 members (excludes halogenated alkanes) is 6. The van der Waals surface area contributed by atoms with Crippen LogP contribution in [0.2, 0.25) is 0 Å². The van der Waals surface area contributed by atoms with E-state index in [1.807, 2.05) is 6.92 Å². The first-order valence-electron chi connectivity index (χ1n) is 7.55. The van der Waals surface area contributed by atoms with Gasteiger partial charge in [-0.15, -0.1) is 0 Å². The predicted molar refractivity (Wildman–Crippen MR) is 74.3 cm³/mol. The molecule has 0 aromatic carbocycles. The fourth-order valence-electron chi connectivity index (χ4n) is 2.21. The lowest BCUT2D eigenvalue weighted by atomic mass is 10.0. The van der Waals surface area contributed by atoms with Gasteiger partial charge in [0.05, 0.1) is 12.2 Å². The molecule has 2 nitrogen and oxygen atoms in total. The van der Waals surface area contributed by atoms with Crippen LogP contribution >= 0.6 is 0 Å². The third-order valence-corrected chi connectivity index (χ3v) is 3.32. The highest BCUT2D eigenvalue weighted by atomic mass is 16.5. The molecular weight excluding hydrogens is 212 g/mol. The zero-order valence-electron chi connectivity index (χ0n) is 12.1. The maximum atomic E-state index is 9.96. The zero-order valence-corrected chi connectivity index (χ0v) is 12.1. The second kappa shape index (κ2) is 12.4. The smallest absolute Gasteiger partial charge is 0.0831 e. The summed E-state index contributed by atoms with van der Waals surface area (Å²) in [6.07, 6.45) is 10.7. The summed E-state index contributed by atoms with van der Waals surface area (Å²) in [5.41, 5.74) is 0. The first kappa shape index (κ1) is 16.9. The third kappa shape index (κ3) is 9.61. The van der Waals surface area contributed by atoms with Crippen molar-refractivity contribution in [1.29, 1.82) is 0 Å². The molecule has 1 N–H and O–H groups in total. The summed E-state index contributed by atoms with van der Waals surface area (Å²) in [5, 5.41) is 9.96. The Balaban J connectivity index is 3.39. The first-order chi connectivity index (χ1) is 8.26. The maximum Gasteiger partial charge on any atom is 0.0831 e. The Labute approximate surface area is 108 Å². The van der Waals surface area contributed by atoms with Gasteiger partial charge in [-0.05, 0) is 19.8 Å². The van der Waals surface area contributed by atoms with Gasteiger partial charge in [-0.25, -0.2) is 0 Å². The van der Waals surface area contributed by atoms with Crippen molar-refractivity contribution < 1.29 is 9.84 Å². The van der Waals surface area contributed by atoms with Crippen LogP contribution in [0.15, 0.2) is 0 Å². The van der Waals surface area contributed by atoms with Crippen molar-refractivity contribution in [3.63, 3.8) is 0 Å². The fraction of sp³-hybridized carbons (Fsp3) is 1.00. The van der Waals surface area contributed by atoms with Gasteiger partial charge in [0.2, 0.25) is 0 Å². The SMILES string of the molecule is CCCCCCCCCC(O)C(CC)OCC. The standard InChI is InChI=1S/C15H32O2/c1-4-7-8-9-10-11-12-13-14(16)15(5-2)17-6-3/h14-16H,4-13H2,1-3H3. The number of hydrogen-bond acceptors (Lipinski definition) is 2. The molecule has 0 saturated carbocycles. The summed E-state index contributed by atoms with van der Waals surface area (Å²) >= 11 is 0. The van der Waals surface area contributed by atoms with E-state index in [0.29, 0.717) is 6.61 Å². The van der Waals surface area contributed by atoms with E-state index in [2.05, 4.69) is 13.8 Å². The Morgan fingerprint density at radius 2 is 1.47 bits per heavy atom. The van der Waals surface area contributed by atoms with E-state index in [0.717, 1.165) is 19.3 Å². The molecule has 0 saturated heterocycles. The molecule has 2 heteroatoms. The fourth-order valence-corrected chi connectivity index (χ4v) is 2.21. The van der Waals surface area contributed by atoms with Crippen molar-refractivity contribution in [3.05, 3.63) is 0 Å². The minimum Gasteiger partial charge on any atom is -0.390 e. The van der Waals surface area contributed by atoms with Crippen molar-refractivity contribution in [1.82, 2.24) is 0 Å². The lowest BCUT2D eigenvalue weighted by Gasteiger charge is -2.21. The molecule has 0 spiro atoms. The van der Waals surface area contributed by atoms with Gasteiger partial charge < -0.3 is 9.84 Å². The van der Waals surface area contributed by atoms with E-state index < -0.39 is 0 Å². The molecule has 104 valence electrons. The molecule has 0 heterocycles. The van der Waals surface area contributed by atoms with E-state index in [-0.39, 0.29) is 12.2 Å². The van der Waals surface area contributed by atoms with Crippen LogP contribution in [-0.2, 0) is 4.74 Å². The molecule has 17 heavy (non-hydrogen) atoms. The average Bonchev–Trinajstić information content (AvgIpc) is 2.34. The molecule has 0 aliphatic heterocycles. The van der Waals surface area contributed by atoms with Gasteiger partial charge in [0.25, 0.3) is 0 Å². The van der Waals surface area contributed by atoms with E-state index >= 15 is 0 Å². The maximum absolute atomic E-state index is 9.96. The van der Waals surface area contributed by atoms with E-state index in [9.17, 15) is 5.11 Å². The Bertz CT molecular complexity index is 148. The number of aliphatic hydroxyl groups excluding tert-OH is 1. The largest absolute Gasteiger partial charge is 0.390 e. The Morgan fingerprint density at radius 3 is 2.00 bits per heavy atom. The second-order valence-electron chi connectivity index (χ2n) is 4.88. The number of hydrogen-bond donors (Lipinski definition) is 1. The zero-order chi connectivity index (χ0) is 12.9. The van der Waals surface area contributed by atoms with Crippen LogP contribution in [0.5, 0.6) is 0 Å². The molecule has 2 atom stereocenters. The summed E-state index contributed by atoms with van der Waals surface area (Å²) in [7, 11) is 0. The van der Waals surface area contributed by atoms with E-state index in [1.54, 1.807) is 0 Å². The molecule has 0 radical (unpaired) electrons. The van der Waals surface area contributed by atoms with Crippen molar-refractivity contribution in [2.24, 2.45) is 0 Å². The molecule has 0 aliphatic rings. The predicted octanol–water partition coefficient (Wildman–Crippen LogP) is 4.30. The highest BCUT2D eigenvalue weighted by Gasteiger charge is 2.16. The van der Waals surface area contributed by atoms with Crippen LogP contribution in [0.4, 0.5) is 0 Å². The first-order valence-corrected chi connectivity index (χ1v) is 7.55. The lowest BCUT2D eigenvalue weighted by molar-refractivity contribution is -0.0380. The Morgan fingerprint density at radius 1 is 0.882 bits per heavy atom. The molecule has 0 aliphatic carbocycles. The number of ether oxygens (including phenoxy) is 1. The quantitative estimate of drug-likeness (QED) is 0.519. The van der Waals surface area contributed by atoms with Crippen LogP contribution in [0.1, 0.15) is 78.6 Å². The molecule has 0 aromatic heterocycles. The molecule has 0 aromatic rings. The van der Waals surface area contributed by atoms with Crippen molar-refractivity contribution >= 4 is 0 Å². The summed E-state index contributed by atoms with van der Waals surface area (Å²) in [6.45, 7) is 7.01. The van der Waals surface area contributed by atoms with Crippen molar-refractivity contribution in [3.8, 4) is 0 Å². The topological polar surface area (TPSA) is 29.5 Å². The third-order valence-electron chi connectivity index (χ3n) is 3.32. The average molecular weight is 244 g/mol. The van der Waals surface area contributed by atoms with Crippen LogP contribution in [0.25, 0.3) is 0 Å². The molecule has 0 bridgehead atoms. The minimum absolute atomic E-state index is 0.0418. The van der Waals surface area contributed by atoms with Crippen LogP contribution in [0.3, 0.4) is 0 Å². The van der Waals surface area contributed by atoms with E-state index in [1.165, 1.54) is 38.5 Å². The number of aliphatic hydroxyl groups is 1. The van der Waals surface area contributed by atoms with Crippen molar-refractivity contribution in [2.45, 2.75) is 90.8 Å². The molecule has 0 rings (SSSR count). The molecular formula is C15H32O2. The normalized spacial score (nSPS) is 14.8. The van der Waals surface area contributed by atoms with Crippen molar-refractivity contribution in [2.75, 3.05) is 6.61 Å². The van der Waals surface area contributed by atoms with Gasteiger partial charge in [-0.1, -0.05) is 58.8 Å². The summed E-state index contributed by atoms with van der Waals surface area (Å²) in [5.74, 6) is 0. The Kier molecular flexibility index (Phi) is 12.3. The van der Waals surface area contributed by atoms with Gasteiger partial charge in [-0.3, -0.25) is 0 Å². The summed E-state index contributed by atoms with van der Waals surface area (Å²) < 4.78 is 5.51. The van der Waals surface area contributed by atoms with Crippen LogP contribution < -0.4 is 0 Å². The summed E-state index contributed by atoms with van der Waals surface area (Å²) in [4.78, 5) is 0. The van der Waals surface area contributed by atoms with Crippen LogP contribution in [0, 0.1) is 0 Å². The van der Waals surface area contributed by atoms with E-state index in [4.69, 9.17) is 4.74 Å². The highest BCUT2D eigenvalue weighted by molar-refractivity contribution is 4.67. The van der Waals surface area contributed by atoms with Gasteiger partial charge in [0.1, 0.15) is 0 Å². The summed E-state index contributed by atoms with van der Waals surface area (Å²) in [6, 6.07) is 0. The Hall–Kier alpha value is -0.0800. The molecule has 0 amide bonds. The molecule has 2 unspecified atom stereocenters. The van der Waals surface area contributed by atoms with Gasteiger partial charge in [-0.2, -0.15) is 0 Å². The minimum atomic E-state index is -0.268. The van der Waals surface area contributed by atoms with Gasteiger partial charge >= 0.3 is 0 Å². The monoisotopic (exact) mass is 244 g/mol. The van der Waals surface area contributed by atoms with Gasteiger partial charge in [0.15, 0.2) is 0 Å². The van der Waals surface area contributed by atoms with Gasteiger partial charge in [0, 0.05) is 6.61 Å². The van der Waals surface area contributed by atoms with Crippen LogP contribution in [-0.4, -0.2) is 23.9 Å². The number of rotatable bonds is 12.